The summed E-state index contributed by atoms with van der Waals surface area (Å²) in [4.78, 5) is 24.8. The van der Waals surface area contributed by atoms with Crippen molar-refractivity contribution in [1.29, 1.82) is 0 Å². The lowest BCUT2D eigenvalue weighted by Gasteiger charge is -2.14. The van der Waals surface area contributed by atoms with Crippen LogP contribution in [-0.2, 0) is 19.6 Å². The van der Waals surface area contributed by atoms with Crippen LogP contribution in [0.2, 0.25) is 0 Å². The van der Waals surface area contributed by atoms with Crippen LogP contribution < -0.4 is 14.8 Å². The molecule has 0 heterocycles. The molecule has 2 N–H and O–H groups in total. The van der Waals surface area contributed by atoms with Crippen molar-refractivity contribution in [2.75, 3.05) is 11.9 Å². The number of anilines is 1. The predicted molar refractivity (Wildman–Crippen MR) is 122 cm³/mol. The lowest BCUT2D eigenvalue weighted by Crippen LogP contribution is -2.30. The number of hydrogen-bond acceptors (Lipinski definition) is 6. The van der Waals surface area contributed by atoms with Crippen LogP contribution in [0.5, 0.6) is 5.75 Å². The fraction of sp³-hybridized carbons (Fsp3) is 0.391. The van der Waals surface area contributed by atoms with Crippen molar-refractivity contribution in [2.24, 2.45) is 5.92 Å². The maximum atomic E-state index is 12.4. The second-order valence-electron chi connectivity index (χ2n) is 8.07. The van der Waals surface area contributed by atoms with Crippen molar-refractivity contribution in [3.05, 3.63) is 54.1 Å². The Balaban J connectivity index is 1.93. The molecule has 0 spiro atoms. The van der Waals surface area contributed by atoms with E-state index in [1.54, 1.807) is 38.1 Å². The van der Waals surface area contributed by atoms with E-state index < -0.39 is 28.0 Å². The van der Waals surface area contributed by atoms with E-state index in [-0.39, 0.29) is 10.9 Å². The highest BCUT2D eigenvalue weighted by atomic mass is 32.2. The van der Waals surface area contributed by atoms with Gasteiger partial charge in [0.2, 0.25) is 10.0 Å². The van der Waals surface area contributed by atoms with Crippen LogP contribution in [0, 0.1) is 5.92 Å². The van der Waals surface area contributed by atoms with Crippen LogP contribution in [0.4, 0.5) is 5.69 Å². The van der Waals surface area contributed by atoms with Gasteiger partial charge >= 0.3 is 5.97 Å². The minimum atomic E-state index is -3.62. The summed E-state index contributed by atoms with van der Waals surface area (Å²) in [7, 11) is -3.62. The molecular formula is C23H30N2O6S. The van der Waals surface area contributed by atoms with Gasteiger partial charge in [0.1, 0.15) is 5.75 Å². The molecule has 0 aliphatic carbocycles. The van der Waals surface area contributed by atoms with Crippen molar-refractivity contribution < 1.29 is 27.5 Å². The minimum Gasteiger partial charge on any atom is -0.493 e. The highest BCUT2D eigenvalue weighted by molar-refractivity contribution is 7.89. The first-order chi connectivity index (χ1) is 15.0. The molecule has 0 radical (unpaired) electrons. The molecule has 1 atom stereocenters. The van der Waals surface area contributed by atoms with Gasteiger partial charge in [-0.1, -0.05) is 13.8 Å². The van der Waals surface area contributed by atoms with Crippen LogP contribution in [0.25, 0.3) is 0 Å². The summed E-state index contributed by atoms with van der Waals surface area (Å²) in [6.45, 7) is 9.56. The van der Waals surface area contributed by atoms with E-state index in [0.717, 1.165) is 0 Å². The lowest BCUT2D eigenvalue weighted by atomic mass is 10.2. The molecule has 0 saturated heterocycles. The van der Waals surface area contributed by atoms with E-state index in [0.29, 0.717) is 29.5 Å². The third-order valence-electron chi connectivity index (χ3n) is 4.15. The van der Waals surface area contributed by atoms with Gasteiger partial charge in [-0.2, -0.15) is 0 Å². The molecule has 8 nitrogen and oxygen atoms in total. The van der Waals surface area contributed by atoms with Crippen molar-refractivity contribution >= 4 is 27.6 Å². The van der Waals surface area contributed by atoms with Crippen molar-refractivity contribution in [1.82, 2.24) is 4.72 Å². The molecule has 2 rings (SSSR count). The van der Waals surface area contributed by atoms with Crippen LogP contribution in [0.15, 0.2) is 53.4 Å². The average molecular weight is 463 g/mol. The van der Waals surface area contributed by atoms with Gasteiger partial charge in [-0.05, 0) is 75.2 Å². The Kier molecular flexibility index (Phi) is 8.80. The average Bonchev–Trinajstić information content (AvgIpc) is 2.72. The van der Waals surface area contributed by atoms with Gasteiger partial charge < -0.3 is 14.8 Å². The maximum absolute atomic E-state index is 12.4. The van der Waals surface area contributed by atoms with E-state index in [1.807, 2.05) is 13.8 Å². The molecule has 0 fully saturated rings. The predicted octanol–water partition coefficient (Wildman–Crippen LogP) is 3.59. The molecule has 0 aromatic heterocycles. The van der Waals surface area contributed by atoms with Crippen molar-refractivity contribution in [3.8, 4) is 5.75 Å². The van der Waals surface area contributed by atoms with E-state index in [1.165, 1.54) is 31.2 Å². The number of amides is 1. The zero-order valence-electron chi connectivity index (χ0n) is 18.9. The summed E-state index contributed by atoms with van der Waals surface area (Å²) in [6.07, 6.45) is -1.05. The van der Waals surface area contributed by atoms with Gasteiger partial charge in [-0.25, -0.2) is 17.9 Å². The van der Waals surface area contributed by atoms with Crippen LogP contribution in [-0.4, -0.2) is 39.0 Å². The minimum absolute atomic E-state index is 0.0875. The molecule has 1 unspecified atom stereocenters. The molecule has 1 amide bonds. The van der Waals surface area contributed by atoms with E-state index >= 15 is 0 Å². The SMILES string of the molecule is CC(C)COc1ccc(C(=O)OC(C)C(=O)Nc2ccc(S(=O)(=O)NC(C)C)cc2)cc1. The molecule has 0 aliphatic rings. The number of carbonyl (C=O) groups excluding carboxylic acids is 2. The summed E-state index contributed by atoms with van der Waals surface area (Å²) < 4.78 is 37.6. The Labute approximate surface area is 189 Å². The van der Waals surface area contributed by atoms with Crippen LogP contribution in [0.3, 0.4) is 0 Å². The quantitative estimate of drug-likeness (QED) is 0.522. The largest absolute Gasteiger partial charge is 0.493 e. The molecule has 9 heteroatoms. The summed E-state index contributed by atoms with van der Waals surface area (Å²) >= 11 is 0. The normalized spacial score (nSPS) is 12.5. The standard InChI is InChI=1S/C23H30N2O6S/c1-15(2)14-30-20-10-6-18(7-11-20)23(27)31-17(5)22(26)24-19-8-12-21(13-9-19)32(28,29)25-16(3)4/h6-13,15-17,25H,14H2,1-5H3,(H,24,26). The summed E-state index contributed by atoms with van der Waals surface area (Å²) in [5.41, 5.74) is 0.682. The summed E-state index contributed by atoms with van der Waals surface area (Å²) in [6, 6.07) is 12.0. The molecule has 174 valence electrons. The number of benzene rings is 2. The lowest BCUT2D eigenvalue weighted by molar-refractivity contribution is -0.123. The fourth-order valence-electron chi connectivity index (χ4n) is 2.57. The third-order valence-corrected chi connectivity index (χ3v) is 5.82. The Morgan fingerprint density at radius 1 is 0.906 bits per heavy atom. The first-order valence-corrected chi connectivity index (χ1v) is 11.8. The van der Waals surface area contributed by atoms with Crippen molar-refractivity contribution in [2.45, 2.75) is 51.7 Å². The highest BCUT2D eigenvalue weighted by Crippen LogP contribution is 2.17. The fourth-order valence-corrected chi connectivity index (χ4v) is 3.82. The Morgan fingerprint density at radius 2 is 1.50 bits per heavy atom. The maximum Gasteiger partial charge on any atom is 0.338 e. The zero-order chi connectivity index (χ0) is 23.9. The third kappa shape index (κ3) is 7.65. The molecule has 2 aromatic rings. The summed E-state index contributed by atoms with van der Waals surface area (Å²) in [5, 5.41) is 2.60. The van der Waals surface area contributed by atoms with Crippen LogP contribution in [0.1, 0.15) is 45.0 Å². The Hall–Kier alpha value is -2.91. The van der Waals surface area contributed by atoms with Gasteiger partial charge in [0.25, 0.3) is 5.91 Å². The molecule has 0 aliphatic heterocycles. The molecule has 0 bridgehead atoms. The van der Waals surface area contributed by atoms with Gasteiger partial charge in [-0.3, -0.25) is 4.79 Å². The summed E-state index contributed by atoms with van der Waals surface area (Å²) in [5.74, 6) is -0.137. The van der Waals surface area contributed by atoms with Crippen LogP contribution >= 0.6 is 0 Å². The number of hydrogen-bond donors (Lipinski definition) is 2. The van der Waals surface area contributed by atoms with E-state index in [4.69, 9.17) is 9.47 Å². The Morgan fingerprint density at radius 3 is 2.03 bits per heavy atom. The van der Waals surface area contributed by atoms with E-state index in [2.05, 4.69) is 10.0 Å². The number of carbonyl (C=O) groups is 2. The van der Waals surface area contributed by atoms with Crippen molar-refractivity contribution in [3.63, 3.8) is 0 Å². The number of rotatable bonds is 10. The molecule has 0 saturated carbocycles. The molecule has 32 heavy (non-hydrogen) atoms. The van der Waals surface area contributed by atoms with Gasteiger partial charge in [0, 0.05) is 11.7 Å². The number of nitrogens with one attached hydrogen (secondary N) is 2. The number of esters is 1. The molecular weight excluding hydrogens is 432 g/mol. The van der Waals surface area contributed by atoms with Gasteiger partial charge in [0.05, 0.1) is 17.1 Å². The van der Waals surface area contributed by atoms with Gasteiger partial charge in [-0.15, -0.1) is 0 Å². The smallest absolute Gasteiger partial charge is 0.338 e. The second-order valence-corrected chi connectivity index (χ2v) is 9.78. The highest BCUT2D eigenvalue weighted by Gasteiger charge is 2.20. The second kappa shape index (κ2) is 11.1. The van der Waals surface area contributed by atoms with Gasteiger partial charge in [0.15, 0.2) is 6.10 Å². The van der Waals surface area contributed by atoms with E-state index in [9.17, 15) is 18.0 Å². The zero-order valence-corrected chi connectivity index (χ0v) is 19.7. The topological polar surface area (TPSA) is 111 Å². The Bertz CT molecular complexity index is 1020. The first-order valence-electron chi connectivity index (χ1n) is 10.3. The first kappa shape index (κ1) is 25.4. The number of sulfonamides is 1. The monoisotopic (exact) mass is 462 g/mol. The number of ether oxygens (including phenoxy) is 2. The molecule has 2 aromatic carbocycles.